The standard InChI is InChI=1S/C15H18N4OS2/c1-18(9-13-17-16-12-3-2-6-19(12)13)15(20)14-10-4-7-21-11(10)5-8-22-14/h4,7,14H,2-3,5-6,8-9H2,1H3/t14-/m0/s1. The molecule has 0 saturated carbocycles. The van der Waals surface area contributed by atoms with Gasteiger partial charge in [0.25, 0.3) is 0 Å². The lowest BCUT2D eigenvalue weighted by Crippen LogP contribution is -2.32. The lowest BCUT2D eigenvalue weighted by molar-refractivity contribution is -0.130. The van der Waals surface area contributed by atoms with Crippen molar-refractivity contribution in [1.82, 2.24) is 19.7 Å². The molecule has 0 bridgehead atoms. The number of carbonyl (C=O) groups is 1. The Hall–Kier alpha value is -1.34. The van der Waals surface area contributed by atoms with Crippen LogP contribution in [0, 0.1) is 0 Å². The molecule has 0 radical (unpaired) electrons. The summed E-state index contributed by atoms with van der Waals surface area (Å²) in [6.45, 7) is 1.52. The average Bonchev–Trinajstić information content (AvgIpc) is 3.23. The summed E-state index contributed by atoms with van der Waals surface area (Å²) in [4.78, 5) is 16.0. The molecular weight excluding hydrogens is 316 g/mol. The van der Waals surface area contributed by atoms with E-state index in [1.807, 2.05) is 7.05 Å². The predicted molar refractivity (Wildman–Crippen MR) is 88.0 cm³/mol. The average molecular weight is 334 g/mol. The third-order valence-corrected chi connectivity index (χ3v) is 6.57. The van der Waals surface area contributed by atoms with Gasteiger partial charge in [-0.2, -0.15) is 0 Å². The summed E-state index contributed by atoms with van der Waals surface area (Å²) in [6.07, 6.45) is 3.22. The minimum absolute atomic E-state index is 0.0547. The quantitative estimate of drug-likeness (QED) is 0.864. The van der Waals surface area contributed by atoms with Crippen LogP contribution in [-0.4, -0.2) is 38.4 Å². The van der Waals surface area contributed by atoms with Crippen LogP contribution in [0.3, 0.4) is 0 Å². The highest BCUT2D eigenvalue weighted by Crippen LogP contribution is 2.40. The van der Waals surface area contributed by atoms with E-state index in [0.29, 0.717) is 6.54 Å². The molecular formula is C15H18N4OS2. The highest BCUT2D eigenvalue weighted by Gasteiger charge is 2.31. The molecule has 0 aliphatic carbocycles. The number of nitrogens with zero attached hydrogens (tertiary/aromatic N) is 4. The molecule has 0 unspecified atom stereocenters. The second kappa shape index (κ2) is 5.70. The SMILES string of the molecule is CN(Cc1nnc2n1CCC2)C(=O)[C@H]1SCCc2sccc21. The first-order valence-corrected chi connectivity index (χ1v) is 9.50. The van der Waals surface area contributed by atoms with E-state index in [9.17, 15) is 4.79 Å². The van der Waals surface area contributed by atoms with Gasteiger partial charge in [-0.1, -0.05) is 0 Å². The van der Waals surface area contributed by atoms with Gasteiger partial charge in [-0.15, -0.1) is 33.3 Å². The third-order valence-electron chi connectivity index (χ3n) is 4.34. The fourth-order valence-corrected chi connectivity index (χ4v) is 5.57. The second-order valence-electron chi connectivity index (χ2n) is 5.78. The van der Waals surface area contributed by atoms with Crippen molar-refractivity contribution in [3.8, 4) is 0 Å². The maximum Gasteiger partial charge on any atom is 0.240 e. The topological polar surface area (TPSA) is 51.0 Å². The number of fused-ring (bicyclic) bond motifs is 2. The van der Waals surface area contributed by atoms with E-state index in [2.05, 4.69) is 26.2 Å². The second-order valence-corrected chi connectivity index (χ2v) is 8.00. The molecule has 0 N–H and O–H groups in total. The Balaban J connectivity index is 1.51. The minimum atomic E-state index is -0.0547. The number of carbonyl (C=O) groups excluding carboxylic acids is 1. The van der Waals surface area contributed by atoms with Crippen molar-refractivity contribution in [1.29, 1.82) is 0 Å². The molecule has 4 heterocycles. The van der Waals surface area contributed by atoms with E-state index in [0.717, 1.165) is 43.2 Å². The van der Waals surface area contributed by atoms with E-state index >= 15 is 0 Å². The van der Waals surface area contributed by atoms with Gasteiger partial charge in [0.05, 0.1) is 6.54 Å². The fraction of sp³-hybridized carbons (Fsp3) is 0.533. The molecule has 5 nitrogen and oxygen atoms in total. The van der Waals surface area contributed by atoms with Crippen molar-refractivity contribution in [2.75, 3.05) is 12.8 Å². The number of aromatic nitrogens is 3. The smallest absolute Gasteiger partial charge is 0.240 e. The Bertz CT molecular complexity index is 708. The molecule has 0 spiro atoms. The van der Waals surface area contributed by atoms with Crippen molar-refractivity contribution in [2.24, 2.45) is 0 Å². The predicted octanol–water partition coefficient (Wildman–Crippen LogP) is 2.27. The summed E-state index contributed by atoms with van der Waals surface area (Å²) in [7, 11) is 1.88. The number of hydrogen-bond acceptors (Lipinski definition) is 5. The number of hydrogen-bond donors (Lipinski definition) is 0. The van der Waals surface area contributed by atoms with Gasteiger partial charge < -0.3 is 9.47 Å². The zero-order chi connectivity index (χ0) is 15.1. The molecule has 0 saturated heterocycles. The highest BCUT2D eigenvalue weighted by atomic mass is 32.2. The summed E-state index contributed by atoms with van der Waals surface area (Å²) in [5.41, 5.74) is 1.21. The number of thioether (sulfide) groups is 1. The van der Waals surface area contributed by atoms with E-state index in [4.69, 9.17) is 0 Å². The van der Waals surface area contributed by atoms with E-state index in [1.165, 1.54) is 10.4 Å². The van der Waals surface area contributed by atoms with Gasteiger partial charge in [-0.25, -0.2) is 0 Å². The van der Waals surface area contributed by atoms with Crippen LogP contribution in [0.25, 0.3) is 0 Å². The molecule has 2 aliphatic rings. The fourth-order valence-electron chi connectivity index (χ4n) is 3.17. The molecule has 2 aromatic rings. The number of rotatable bonds is 3. The molecule has 2 aliphatic heterocycles. The van der Waals surface area contributed by atoms with Crippen molar-refractivity contribution in [3.05, 3.63) is 33.5 Å². The molecule has 1 amide bonds. The summed E-state index contributed by atoms with van der Waals surface area (Å²) >= 11 is 3.53. The summed E-state index contributed by atoms with van der Waals surface area (Å²) in [5, 5.41) is 10.5. The molecule has 7 heteroatoms. The highest BCUT2D eigenvalue weighted by molar-refractivity contribution is 8.00. The Morgan fingerprint density at radius 1 is 1.45 bits per heavy atom. The molecule has 2 aromatic heterocycles. The molecule has 0 fully saturated rings. The van der Waals surface area contributed by atoms with Gasteiger partial charge >= 0.3 is 0 Å². The Kier molecular flexibility index (Phi) is 3.69. The molecule has 0 aromatic carbocycles. The Morgan fingerprint density at radius 3 is 3.27 bits per heavy atom. The third kappa shape index (κ3) is 2.36. The lowest BCUT2D eigenvalue weighted by Gasteiger charge is -2.26. The van der Waals surface area contributed by atoms with Gasteiger partial charge in [0.1, 0.15) is 11.1 Å². The molecule has 1 atom stereocenters. The van der Waals surface area contributed by atoms with E-state index in [-0.39, 0.29) is 11.2 Å². The minimum Gasteiger partial charge on any atom is -0.337 e. The lowest BCUT2D eigenvalue weighted by atomic mass is 10.1. The van der Waals surface area contributed by atoms with Crippen molar-refractivity contribution in [3.63, 3.8) is 0 Å². The first kappa shape index (κ1) is 14.3. The maximum absolute atomic E-state index is 12.8. The molecule has 4 rings (SSSR count). The van der Waals surface area contributed by atoms with Crippen molar-refractivity contribution in [2.45, 2.75) is 37.6 Å². The van der Waals surface area contributed by atoms with Crippen LogP contribution in [-0.2, 0) is 30.7 Å². The van der Waals surface area contributed by atoms with Crippen LogP contribution in [0.4, 0.5) is 0 Å². The number of aryl methyl sites for hydroxylation is 2. The number of thiophene rings is 1. The maximum atomic E-state index is 12.8. The van der Waals surface area contributed by atoms with Crippen molar-refractivity contribution >= 4 is 29.0 Å². The van der Waals surface area contributed by atoms with E-state index < -0.39 is 0 Å². The van der Waals surface area contributed by atoms with Crippen LogP contribution in [0.15, 0.2) is 11.4 Å². The summed E-state index contributed by atoms with van der Waals surface area (Å²) in [5.74, 6) is 3.18. The van der Waals surface area contributed by atoms with Gasteiger partial charge in [-0.3, -0.25) is 4.79 Å². The first-order valence-electron chi connectivity index (χ1n) is 7.58. The molecule has 22 heavy (non-hydrogen) atoms. The van der Waals surface area contributed by atoms with Gasteiger partial charge in [0.2, 0.25) is 5.91 Å². The Labute approximate surface area is 137 Å². The summed E-state index contributed by atoms with van der Waals surface area (Å²) < 4.78 is 2.16. The van der Waals surface area contributed by atoms with Crippen LogP contribution >= 0.6 is 23.1 Å². The number of likely N-dealkylation sites (N-methyl/N-ethyl adjacent to an activating group) is 1. The van der Waals surface area contributed by atoms with Crippen molar-refractivity contribution < 1.29 is 4.79 Å². The van der Waals surface area contributed by atoms with Gasteiger partial charge in [0, 0.05) is 24.9 Å². The first-order chi connectivity index (χ1) is 10.7. The number of amides is 1. The zero-order valence-corrected chi connectivity index (χ0v) is 14.1. The Morgan fingerprint density at radius 2 is 2.36 bits per heavy atom. The summed E-state index contributed by atoms with van der Waals surface area (Å²) in [6, 6.07) is 2.11. The molecule has 116 valence electrons. The monoisotopic (exact) mass is 334 g/mol. The van der Waals surface area contributed by atoms with Gasteiger partial charge in [-0.05, 0) is 35.6 Å². The van der Waals surface area contributed by atoms with E-state index in [1.54, 1.807) is 28.0 Å². The van der Waals surface area contributed by atoms with Crippen LogP contribution in [0.2, 0.25) is 0 Å². The largest absolute Gasteiger partial charge is 0.337 e. The van der Waals surface area contributed by atoms with Crippen LogP contribution in [0.5, 0.6) is 0 Å². The normalized spacial score (nSPS) is 19.8. The van der Waals surface area contributed by atoms with Crippen LogP contribution in [0.1, 0.15) is 33.8 Å². The zero-order valence-electron chi connectivity index (χ0n) is 12.5. The van der Waals surface area contributed by atoms with Crippen LogP contribution < -0.4 is 0 Å². The van der Waals surface area contributed by atoms with Gasteiger partial charge in [0.15, 0.2) is 5.82 Å².